The molecule has 0 aliphatic carbocycles. The van der Waals surface area contributed by atoms with Gasteiger partial charge in [-0.15, -0.1) is 11.8 Å². The molecule has 1 rings (SSSR count). The highest BCUT2D eigenvalue weighted by molar-refractivity contribution is 8.00. The van der Waals surface area contributed by atoms with Gasteiger partial charge >= 0.3 is 0 Å². The summed E-state index contributed by atoms with van der Waals surface area (Å²) < 4.78 is 0.321. The van der Waals surface area contributed by atoms with Crippen molar-refractivity contribution < 1.29 is 0 Å². The summed E-state index contributed by atoms with van der Waals surface area (Å²) in [5.74, 6) is 0.692. The van der Waals surface area contributed by atoms with E-state index in [0.29, 0.717) is 10.7 Å². The molecule has 0 amide bonds. The molecule has 0 nitrogen and oxygen atoms in total. The lowest BCUT2D eigenvalue weighted by Crippen LogP contribution is -2.22. The van der Waals surface area contributed by atoms with Crippen LogP contribution in [0.3, 0.4) is 0 Å². The Kier molecular flexibility index (Phi) is 3.43. The van der Waals surface area contributed by atoms with Crippen LogP contribution in [0.1, 0.15) is 27.7 Å². The van der Waals surface area contributed by atoms with Gasteiger partial charge in [0.1, 0.15) is 0 Å². The molecule has 1 heteroatoms. The number of rotatable bonds is 3. The minimum Gasteiger partial charge on any atom is -0.120 e. The Morgan fingerprint density at radius 2 is 1.62 bits per heavy atom. The van der Waals surface area contributed by atoms with Crippen LogP contribution in [0, 0.1) is 5.92 Å². The van der Waals surface area contributed by atoms with Crippen LogP contribution in [0.5, 0.6) is 0 Å². The molecule has 1 aromatic rings. The Morgan fingerprint density at radius 3 is 2.08 bits per heavy atom. The first kappa shape index (κ1) is 10.6. The van der Waals surface area contributed by atoms with Gasteiger partial charge in [-0.3, -0.25) is 0 Å². The van der Waals surface area contributed by atoms with E-state index < -0.39 is 0 Å². The highest BCUT2D eigenvalue weighted by Gasteiger charge is 2.23. The van der Waals surface area contributed by atoms with Crippen molar-refractivity contribution in [3.63, 3.8) is 0 Å². The van der Waals surface area contributed by atoms with Crippen LogP contribution in [-0.4, -0.2) is 4.75 Å². The number of thioether (sulfide) groups is 1. The van der Waals surface area contributed by atoms with Crippen molar-refractivity contribution in [3.8, 4) is 0 Å². The van der Waals surface area contributed by atoms with E-state index in [1.165, 1.54) is 4.90 Å². The Hall–Kier alpha value is -0.430. The minimum atomic E-state index is 0.321. The lowest BCUT2D eigenvalue weighted by atomic mass is 10.00. The zero-order valence-corrected chi connectivity index (χ0v) is 9.69. The SMILES string of the molecule is CC(C)C(C)(C)Sc1ccccc1. The summed E-state index contributed by atoms with van der Waals surface area (Å²) in [6.45, 7) is 9.15. The first-order valence-electron chi connectivity index (χ1n) is 4.76. The average molecular weight is 194 g/mol. The summed E-state index contributed by atoms with van der Waals surface area (Å²) in [6, 6.07) is 10.6. The summed E-state index contributed by atoms with van der Waals surface area (Å²) in [6.07, 6.45) is 0. The largest absolute Gasteiger partial charge is 0.120 e. The highest BCUT2D eigenvalue weighted by Crippen LogP contribution is 2.37. The quantitative estimate of drug-likeness (QED) is 0.649. The third kappa shape index (κ3) is 3.07. The van der Waals surface area contributed by atoms with Crippen LogP contribution < -0.4 is 0 Å². The zero-order valence-electron chi connectivity index (χ0n) is 8.87. The maximum absolute atomic E-state index is 2.30. The topological polar surface area (TPSA) is 0 Å². The van der Waals surface area contributed by atoms with Gasteiger partial charge in [-0.2, -0.15) is 0 Å². The van der Waals surface area contributed by atoms with Crippen LogP contribution in [-0.2, 0) is 0 Å². The molecule has 13 heavy (non-hydrogen) atoms. The van der Waals surface area contributed by atoms with Crippen LogP contribution in [0.2, 0.25) is 0 Å². The molecule has 0 aliphatic heterocycles. The number of hydrogen-bond acceptors (Lipinski definition) is 1. The molecule has 0 aromatic heterocycles. The smallest absolute Gasteiger partial charge is 0.0173 e. The fourth-order valence-electron chi connectivity index (χ4n) is 0.910. The molecule has 0 bridgehead atoms. The first-order chi connectivity index (χ1) is 6.02. The lowest BCUT2D eigenvalue weighted by molar-refractivity contribution is 0.504. The van der Waals surface area contributed by atoms with E-state index in [2.05, 4.69) is 58.0 Å². The molecular formula is C12H18S. The van der Waals surface area contributed by atoms with Crippen molar-refractivity contribution >= 4 is 11.8 Å². The van der Waals surface area contributed by atoms with Crippen molar-refractivity contribution in [2.75, 3.05) is 0 Å². The molecule has 0 saturated heterocycles. The molecule has 0 N–H and O–H groups in total. The van der Waals surface area contributed by atoms with E-state index in [-0.39, 0.29) is 0 Å². The van der Waals surface area contributed by atoms with Crippen LogP contribution in [0.4, 0.5) is 0 Å². The van der Waals surface area contributed by atoms with E-state index in [0.717, 1.165) is 0 Å². The lowest BCUT2D eigenvalue weighted by Gasteiger charge is -2.28. The Bertz CT molecular complexity index is 249. The van der Waals surface area contributed by atoms with E-state index in [1.54, 1.807) is 0 Å². The Balaban J connectivity index is 2.69. The summed E-state index contributed by atoms with van der Waals surface area (Å²) in [7, 11) is 0. The van der Waals surface area contributed by atoms with E-state index in [1.807, 2.05) is 11.8 Å². The van der Waals surface area contributed by atoms with Gasteiger partial charge < -0.3 is 0 Å². The van der Waals surface area contributed by atoms with Gasteiger partial charge in [-0.1, -0.05) is 45.9 Å². The maximum atomic E-state index is 2.30. The maximum Gasteiger partial charge on any atom is 0.0173 e. The Morgan fingerprint density at radius 1 is 1.08 bits per heavy atom. The van der Waals surface area contributed by atoms with Crippen molar-refractivity contribution in [2.45, 2.75) is 37.3 Å². The molecule has 0 radical (unpaired) electrons. The predicted octanol–water partition coefficient (Wildman–Crippen LogP) is 4.21. The summed E-state index contributed by atoms with van der Waals surface area (Å²) >= 11 is 1.95. The summed E-state index contributed by atoms with van der Waals surface area (Å²) in [5.41, 5.74) is 0. The van der Waals surface area contributed by atoms with Crippen molar-refractivity contribution in [1.29, 1.82) is 0 Å². The molecule has 0 atom stereocenters. The second-order valence-electron chi connectivity index (χ2n) is 4.17. The fourth-order valence-corrected chi connectivity index (χ4v) is 2.05. The molecule has 0 fully saturated rings. The second-order valence-corrected chi connectivity index (χ2v) is 5.90. The Labute approximate surface area is 85.7 Å². The number of benzene rings is 1. The summed E-state index contributed by atoms with van der Waals surface area (Å²) in [4.78, 5) is 1.36. The van der Waals surface area contributed by atoms with Gasteiger partial charge in [-0.05, 0) is 18.1 Å². The monoisotopic (exact) mass is 194 g/mol. The predicted molar refractivity (Wildman–Crippen MR) is 61.2 cm³/mol. The molecule has 1 aromatic carbocycles. The molecule has 0 spiro atoms. The van der Waals surface area contributed by atoms with E-state index >= 15 is 0 Å². The molecule has 0 heterocycles. The van der Waals surface area contributed by atoms with Crippen LogP contribution in [0.15, 0.2) is 35.2 Å². The summed E-state index contributed by atoms with van der Waals surface area (Å²) in [5, 5.41) is 0. The second kappa shape index (κ2) is 4.19. The van der Waals surface area contributed by atoms with Crippen LogP contribution >= 0.6 is 11.8 Å². The molecule has 0 saturated carbocycles. The van der Waals surface area contributed by atoms with E-state index in [9.17, 15) is 0 Å². The standard InChI is InChI=1S/C12H18S/c1-10(2)12(3,4)13-11-8-6-5-7-9-11/h5-10H,1-4H3. The van der Waals surface area contributed by atoms with Gasteiger partial charge in [0.25, 0.3) is 0 Å². The van der Waals surface area contributed by atoms with E-state index in [4.69, 9.17) is 0 Å². The third-order valence-corrected chi connectivity index (χ3v) is 4.02. The molecule has 0 aliphatic rings. The number of hydrogen-bond donors (Lipinski definition) is 0. The van der Waals surface area contributed by atoms with Crippen molar-refractivity contribution in [2.24, 2.45) is 5.92 Å². The van der Waals surface area contributed by atoms with Gasteiger partial charge in [0, 0.05) is 9.64 Å². The first-order valence-corrected chi connectivity index (χ1v) is 5.58. The van der Waals surface area contributed by atoms with Gasteiger partial charge in [0.2, 0.25) is 0 Å². The normalized spacial score (nSPS) is 12.1. The van der Waals surface area contributed by atoms with Crippen molar-refractivity contribution in [3.05, 3.63) is 30.3 Å². The van der Waals surface area contributed by atoms with Crippen LogP contribution in [0.25, 0.3) is 0 Å². The third-order valence-electron chi connectivity index (χ3n) is 2.51. The average Bonchev–Trinajstić information content (AvgIpc) is 2.05. The van der Waals surface area contributed by atoms with Crippen molar-refractivity contribution in [1.82, 2.24) is 0 Å². The minimum absolute atomic E-state index is 0.321. The van der Waals surface area contributed by atoms with Gasteiger partial charge in [0.05, 0.1) is 0 Å². The molecule has 72 valence electrons. The fraction of sp³-hybridized carbons (Fsp3) is 0.500. The van der Waals surface area contributed by atoms with Gasteiger partial charge in [0.15, 0.2) is 0 Å². The zero-order chi connectivity index (χ0) is 9.90. The highest BCUT2D eigenvalue weighted by atomic mass is 32.2. The molecule has 0 unspecified atom stereocenters. The molecular weight excluding hydrogens is 176 g/mol. The van der Waals surface area contributed by atoms with Gasteiger partial charge in [-0.25, -0.2) is 0 Å².